The van der Waals surface area contributed by atoms with Crippen LogP contribution in [0, 0.1) is 17.2 Å². The van der Waals surface area contributed by atoms with Gasteiger partial charge in [-0.05, 0) is 36.3 Å². The van der Waals surface area contributed by atoms with Crippen LogP contribution in [0.5, 0.6) is 5.75 Å². The standard InChI is InChI=1S/C14H20FNO/c1-9-7-14(2,3)8-12(9)16-10-4-5-13(17)11(15)6-10/h4-6,9,12,16-17H,7-8H2,1-3H3. The van der Waals surface area contributed by atoms with Crippen LogP contribution in [-0.4, -0.2) is 11.1 Å². The molecule has 17 heavy (non-hydrogen) atoms. The van der Waals surface area contributed by atoms with Crippen LogP contribution in [0.2, 0.25) is 0 Å². The van der Waals surface area contributed by atoms with E-state index in [1.807, 2.05) is 0 Å². The van der Waals surface area contributed by atoms with Crippen molar-refractivity contribution in [2.75, 3.05) is 5.32 Å². The number of nitrogens with one attached hydrogen (secondary N) is 1. The summed E-state index contributed by atoms with van der Waals surface area (Å²) in [4.78, 5) is 0. The Morgan fingerprint density at radius 2 is 2.06 bits per heavy atom. The summed E-state index contributed by atoms with van der Waals surface area (Å²) >= 11 is 0. The Hall–Kier alpha value is -1.25. The van der Waals surface area contributed by atoms with Crippen LogP contribution in [0.1, 0.15) is 33.6 Å². The number of hydrogen-bond acceptors (Lipinski definition) is 2. The van der Waals surface area contributed by atoms with E-state index in [2.05, 4.69) is 26.1 Å². The largest absolute Gasteiger partial charge is 0.505 e. The van der Waals surface area contributed by atoms with Crippen LogP contribution >= 0.6 is 0 Å². The van der Waals surface area contributed by atoms with E-state index in [4.69, 9.17) is 5.11 Å². The molecule has 0 spiro atoms. The summed E-state index contributed by atoms with van der Waals surface area (Å²) in [5.41, 5.74) is 1.10. The van der Waals surface area contributed by atoms with Crippen molar-refractivity contribution in [3.8, 4) is 5.75 Å². The van der Waals surface area contributed by atoms with Crippen LogP contribution in [0.25, 0.3) is 0 Å². The van der Waals surface area contributed by atoms with Gasteiger partial charge in [-0.3, -0.25) is 0 Å². The van der Waals surface area contributed by atoms with Crippen molar-refractivity contribution in [1.29, 1.82) is 0 Å². The Morgan fingerprint density at radius 3 is 2.59 bits per heavy atom. The van der Waals surface area contributed by atoms with E-state index in [1.165, 1.54) is 18.6 Å². The van der Waals surface area contributed by atoms with Gasteiger partial charge in [0.05, 0.1) is 0 Å². The molecule has 1 aliphatic carbocycles. The minimum absolute atomic E-state index is 0.296. The summed E-state index contributed by atoms with van der Waals surface area (Å²) in [5, 5.41) is 12.5. The molecule has 0 radical (unpaired) electrons. The second-order valence-corrected chi connectivity index (χ2v) is 5.97. The fraction of sp³-hybridized carbons (Fsp3) is 0.571. The number of phenols is 1. The van der Waals surface area contributed by atoms with Gasteiger partial charge in [-0.15, -0.1) is 0 Å². The van der Waals surface area contributed by atoms with Crippen LogP contribution in [-0.2, 0) is 0 Å². The molecule has 2 nitrogen and oxygen atoms in total. The number of phenolic OH excluding ortho intramolecular Hbond substituents is 1. The molecule has 1 aliphatic rings. The average Bonchev–Trinajstić information content (AvgIpc) is 2.46. The molecule has 3 heteroatoms. The van der Waals surface area contributed by atoms with Crippen molar-refractivity contribution in [2.45, 2.75) is 39.7 Å². The van der Waals surface area contributed by atoms with E-state index in [-0.39, 0.29) is 5.75 Å². The average molecular weight is 237 g/mol. The van der Waals surface area contributed by atoms with Crippen molar-refractivity contribution in [3.05, 3.63) is 24.0 Å². The Kier molecular flexibility index (Phi) is 3.02. The molecular weight excluding hydrogens is 217 g/mol. The van der Waals surface area contributed by atoms with Crippen LogP contribution in [0.3, 0.4) is 0 Å². The quantitative estimate of drug-likeness (QED) is 0.767. The van der Waals surface area contributed by atoms with Crippen LogP contribution in [0.15, 0.2) is 18.2 Å². The Morgan fingerprint density at radius 1 is 1.35 bits per heavy atom. The minimum atomic E-state index is -0.570. The van der Waals surface area contributed by atoms with E-state index in [1.54, 1.807) is 6.07 Å². The highest BCUT2D eigenvalue weighted by Crippen LogP contribution is 2.42. The maximum atomic E-state index is 13.2. The first-order chi connectivity index (χ1) is 7.87. The third kappa shape index (κ3) is 2.71. The van der Waals surface area contributed by atoms with Crippen LogP contribution in [0.4, 0.5) is 10.1 Å². The van der Waals surface area contributed by atoms with Gasteiger partial charge in [0, 0.05) is 17.8 Å². The zero-order chi connectivity index (χ0) is 12.6. The number of rotatable bonds is 2. The fourth-order valence-corrected chi connectivity index (χ4v) is 2.90. The zero-order valence-corrected chi connectivity index (χ0v) is 10.6. The lowest BCUT2D eigenvalue weighted by atomic mass is 9.91. The predicted octanol–water partition coefficient (Wildman–Crippen LogP) is 3.77. The van der Waals surface area contributed by atoms with Gasteiger partial charge in [-0.1, -0.05) is 20.8 Å². The second-order valence-electron chi connectivity index (χ2n) is 5.97. The fourth-order valence-electron chi connectivity index (χ4n) is 2.90. The van der Waals surface area contributed by atoms with Gasteiger partial charge in [0.2, 0.25) is 0 Å². The number of anilines is 1. The zero-order valence-electron chi connectivity index (χ0n) is 10.6. The van der Waals surface area contributed by atoms with Crippen molar-refractivity contribution < 1.29 is 9.50 Å². The summed E-state index contributed by atoms with van der Waals surface area (Å²) in [6.45, 7) is 6.76. The van der Waals surface area contributed by atoms with Crippen molar-refractivity contribution in [3.63, 3.8) is 0 Å². The highest BCUT2D eigenvalue weighted by atomic mass is 19.1. The molecule has 0 saturated heterocycles. The SMILES string of the molecule is CC1CC(C)(C)CC1Nc1ccc(O)c(F)c1. The second kappa shape index (κ2) is 4.21. The minimum Gasteiger partial charge on any atom is -0.505 e. The lowest BCUT2D eigenvalue weighted by Crippen LogP contribution is -2.22. The molecule has 0 aliphatic heterocycles. The maximum Gasteiger partial charge on any atom is 0.166 e. The molecule has 1 saturated carbocycles. The van der Waals surface area contributed by atoms with Gasteiger partial charge in [0.1, 0.15) is 0 Å². The van der Waals surface area contributed by atoms with E-state index in [0.29, 0.717) is 17.4 Å². The molecular formula is C14H20FNO. The summed E-state index contributed by atoms with van der Waals surface area (Å²) in [6, 6.07) is 4.85. The van der Waals surface area contributed by atoms with E-state index in [0.717, 1.165) is 12.1 Å². The van der Waals surface area contributed by atoms with Gasteiger partial charge >= 0.3 is 0 Å². The third-order valence-corrected chi connectivity index (χ3v) is 3.63. The molecule has 0 amide bonds. The maximum absolute atomic E-state index is 13.2. The number of benzene rings is 1. The molecule has 1 aromatic rings. The summed E-state index contributed by atoms with van der Waals surface area (Å²) < 4.78 is 13.2. The van der Waals surface area contributed by atoms with E-state index < -0.39 is 5.82 Å². The highest BCUT2D eigenvalue weighted by Gasteiger charge is 2.36. The number of halogens is 1. The van der Waals surface area contributed by atoms with Gasteiger partial charge < -0.3 is 10.4 Å². The molecule has 1 fully saturated rings. The molecule has 0 heterocycles. The smallest absolute Gasteiger partial charge is 0.166 e. The van der Waals surface area contributed by atoms with E-state index >= 15 is 0 Å². The van der Waals surface area contributed by atoms with Gasteiger partial charge in [-0.2, -0.15) is 0 Å². The van der Waals surface area contributed by atoms with Crippen LogP contribution < -0.4 is 5.32 Å². The molecule has 2 rings (SSSR count). The van der Waals surface area contributed by atoms with Crippen molar-refractivity contribution in [1.82, 2.24) is 0 Å². The molecule has 2 unspecified atom stereocenters. The lowest BCUT2D eigenvalue weighted by Gasteiger charge is -2.20. The number of aromatic hydroxyl groups is 1. The van der Waals surface area contributed by atoms with Crippen molar-refractivity contribution >= 4 is 5.69 Å². The molecule has 0 aromatic heterocycles. The Bertz CT molecular complexity index is 417. The molecule has 2 N–H and O–H groups in total. The Balaban J connectivity index is 2.08. The summed E-state index contributed by atoms with van der Waals surface area (Å²) in [7, 11) is 0. The molecule has 94 valence electrons. The Labute approximate surface area is 102 Å². The third-order valence-electron chi connectivity index (χ3n) is 3.63. The van der Waals surface area contributed by atoms with Gasteiger partial charge in [-0.25, -0.2) is 4.39 Å². The molecule has 2 atom stereocenters. The normalized spacial score (nSPS) is 27.1. The molecule has 0 bridgehead atoms. The molecule has 1 aromatic carbocycles. The van der Waals surface area contributed by atoms with E-state index in [9.17, 15) is 4.39 Å². The van der Waals surface area contributed by atoms with Gasteiger partial charge in [0.25, 0.3) is 0 Å². The predicted molar refractivity (Wildman–Crippen MR) is 67.7 cm³/mol. The van der Waals surface area contributed by atoms with Crippen molar-refractivity contribution in [2.24, 2.45) is 11.3 Å². The first-order valence-electron chi connectivity index (χ1n) is 6.12. The van der Waals surface area contributed by atoms with Gasteiger partial charge in [0.15, 0.2) is 11.6 Å². The monoisotopic (exact) mass is 237 g/mol. The summed E-state index contributed by atoms with van der Waals surface area (Å²) in [5.74, 6) is -0.280. The highest BCUT2D eigenvalue weighted by molar-refractivity contribution is 5.48. The number of hydrogen-bond donors (Lipinski definition) is 2. The lowest BCUT2D eigenvalue weighted by molar-refractivity contribution is 0.366. The topological polar surface area (TPSA) is 32.3 Å². The first-order valence-corrected chi connectivity index (χ1v) is 6.12. The first kappa shape index (κ1) is 12.2. The summed E-state index contributed by atoms with van der Waals surface area (Å²) in [6.07, 6.45) is 2.28.